The molecule has 0 aliphatic heterocycles. The predicted octanol–water partition coefficient (Wildman–Crippen LogP) is 4.63. The number of H-pyrrole nitrogens is 2. The number of nitrogens with one attached hydrogen (secondary N) is 2. The maximum Gasteiger partial charge on any atom is 0.0464 e. The maximum absolute atomic E-state index is 4.62. The summed E-state index contributed by atoms with van der Waals surface area (Å²) in [6.07, 6.45) is 7.20. The van der Waals surface area contributed by atoms with Crippen molar-refractivity contribution in [3.05, 3.63) is 70.0 Å². The van der Waals surface area contributed by atoms with Crippen LogP contribution in [0.25, 0.3) is 23.6 Å². The monoisotopic (exact) mass is 364 g/mol. The summed E-state index contributed by atoms with van der Waals surface area (Å²) in [4.78, 5) is 6.80. The third kappa shape index (κ3) is 4.16. The van der Waals surface area contributed by atoms with Crippen LogP contribution in [0.5, 0.6) is 0 Å². The Morgan fingerprint density at radius 2 is 2.00 bits per heavy atom. The first-order valence-electron chi connectivity index (χ1n) is 9.08. The molecule has 1 aromatic carbocycles. The van der Waals surface area contributed by atoms with Crippen LogP contribution in [0.15, 0.2) is 42.6 Å². The van der Waals surface area contributed by atoms with Gasteiger partial charge in [0.2, 0.25) is 0 Å². The zero-order chi connectivity index (χ0) is 18.9. The van der Waals surface area contributed by atoms with Crippen molar-refractivity contribution in [3.8, 4) is 0 Å². The Morgan fingerprint density at radius 3 is 2.73 bits per heavy atom. The van der Waals surface area contributed by atoms with Crippen molar-refractivity contribution in [1.29, 1.82) is 0 Å². The molecule has 3 rings (SSSR count). The molecule has 3 aromatic rings. The number of para-hydroxylation sites is 1. The van der Waals surface area contributed by atoms with Crippen molar-refractivity contribution < 1.29 is 0 Å². The smallest absolute Gasteiger partial charge is 0.0464 e. The molecule has 0 bridgehead atoms. The van der Waals surface area contributed by atoms with Gasteiger partial charge in [0, 0.05) is 38.1 Å². The van der Waals surface area contributed by atoms with Crippen molar-refractivity contribution in [3.63, 3.8) is 0 Å². The Kier molecular flexibility index (Phi) is 5.19. The summed E-state index contributed by atoms with van der Waals surface area (Å²) in [5, 5.41) is 3.31. The summed E-state index contributed by atoms with van der Waals surface area (Å²) in [6.45, 7) is 14.9. The Morgan fingerprint density at radius 1 is 1.27 bits per heavy atom. The van der Waals surface area contributed by atoms with Crippen molar-refractivity contribution in [2.75, 3.05) is 0 Å². The molecular weight excluding hydrogens is 336 g/mol. The third-order valence-corrected chi connectivity index (χ3v) is 4.93. The molecule has 0 radical (unpaired) electrons. The van der Waals surface area contributed by atoms with E-state index in [0.29, 0.717) is 0 Å². The number of aromatic nitrogens is 2. The van der Waals surface area contributed by atoms with Gasteiger partial charge in [-0.25, -0.2) is 0 Å². The number of hydrogen-bond acceptors (Lipinski definition) is 1. The van der Waals surface area contributed by atoms with Gasteiger partial charge in [-0.05, 0) is 49.5 Å². The number of benzene rings is 1. The zero-order valence-corrected chi connectivity index (χ0v) is 16.8. The Bertz CT molecular complexity index is 1040. The second-order valence-electron chi connectivity index (χ2n) is 7.81. The van der Waals surface area contributed by atoms with E-state index in [4.69, 9.17) is 0 Å². The highest BCUT2D eigenvalue weighted by Gasteiger charge is 2.14. The van der Waals surface area contributed by atoms with Crippen LogP contribution in [0.3, 0.4) is 0 Å². The number of hydrogen-bond donors (Lipinski definition) is 3. The fourth-order valence-electron chi connectivity index (χ4n) is 3.56. The van der Waals surface area contributed by atoms with Crippen molar-refractivity contribution in [2.45, 2.75) is 44.8 Å². The number of aryl methyl sites for hydroxylation is 1. The molecule has 2 nitrogen and oxygen atoms in total. The fraction of sp³-hybridized carbons (Fsp3) is 0.304. The standard InChI is InChI=1S/C23H28N2S/c1-15(13-23(4,5)26)10-11-18-16(2)14-24-22(18)12-20-17(3)25-21-9-7-6-8-19(20)21/h6-9,12,14,24-26H,1,3,10-11,13H2,2,4-5H3/b20-12+. The molecule has 2 N–H and O–H groups in total. The molecule has 0 saturated heterocycles. The van der Waals surface area contributed by atoms with Crippen LogP contribution in [0, 0.1) is 6.92 Å². The lowest BCUT2D eigenvalue weighted by Gasteiger charge is -2.18. The van der Waals surface area contributed by atoms with Gasteiger partial charge in [-0.1, -0.05) is 50.8 Å². The number of fused-ring (bicyclic) bond motifs is 1. The summed E-state index contributed by atoms with van der Waals surface area (Å²) >= 11 is 4.62. The SMILES string of the molecule is C=C(CCc1c(C)c[nH]c1/C=c1\c(=C)[nH]c2ccccc12)CC(C)(C)S. The van der Waals surface area contributed by atoms with Gasteiger partial charge in [0.15, 0.2) is 0 Å². The topological polar surface area (TPSA) is 31.6 Å². The van der Waals surface area contributed by atoms with Crippen LogP contribution in [-0.2, 0) is 6.42 Å². The minimum Gasteiger partial charge on any atom is -0.361 e. The van der Waals surface area contributed by atoms with Gasteiger partial charge in [-0.15, -0.1) is 0 Å². The van der Waals surface area contributed by atoms with Gasteiger partial charge in [0.25, 0.3) is 0 Å². The van der Waals surface area contributed by atoms with Crippen molar-refractivity contribution >= 4 is 36.2 Å². The molecule has 136 valence electrons. The minimum absolute atomic E-state index is 0.00789. The van der Waals surface area contributed by atoms with Gasteiger partial charge in [-0.3, -0.25) is 0 Å². The summed E-state index contributed by atoms with van der Waals surface area (Å²) in [5.41, 5.74) is 6.18. The second-order valence-corrected chi connectivity index (χ2v) is 9.02. The molecule has 0 aliphatic carbocycles. The van der Waals surface area contributed by atoms with Gasteiger partial charge in [0.1, 0.15) is 0 Å². The molecule has 0 aliphatic rings. The summed E-state index contributed by atoms with van der Waals surface area (Å²) in [5.74, 6) is 0. The Hall–Kier alpha value is -2.13. The summed E-state index contributed by atoms with van der Waals surface area (Å²) in [7, 11) is 0. The van der Waals surface area contributed by atoms with Crippen LogP contribution in [0.4, 0.5) is 0 Å². The molecule has 2 heterocycles. The van der Waals surface area contributed by atoms with E-state index < -0.39 is 0 Å². The number of aromatic amines is 2. The fourth-order valence-corrected chi connectivity index (χ4v) is 3.79. The Balaban J connectivity index is 1.92. The molecule has 0 atom stereocenters. The Labute approximate surface area is 161 Å². The lowest BCUT2D eigenvalue weighted by Crippen LogP contribution is -2.21. The highest BCUT2D eigenvalue weighted by atomic mass is 32.1. The maximum atomic E-state index is 4.62. The highest BCUT2D eigenvalue weighted by molar-refractivity contribution is 7.81. The van der Waals surface area contributed by atoms with Crippen molar-refractivity contribution in [2.24, 2.45) is 0 Å². The number of thiol groups is 1. The summed E-state index contributed by atoms with van der Waals surface area (Å²) < 4.78 is -0.00789. The average Bonchev–Trinajstić information content (AvgIpc) is 3.05. The quantitative estimate of drug-likeness (QED) is 0.421. The molecule has 0 amide bonds. The van der Waals surface area contributed by atoms with E-state index in [2.05, 4.69) is 87.0 Å². The lowest BCUT2D eigenvalue weighted by atomic mass is 9.96. The first kappa shape index (κ1) is 18.7. The molecule has 0 fully saturated rings. The molecule has 0 unspecified atom stereocenters. The predicted molar refractivity (Wildman–Crippen MR) is 117 cm³/mol. The molecule has 0 saturated carbocycles. The molecule has 3 heteroatoms. The van der Waals surface area contributed by atoms with E-state index in [-0.39, 0.29) is 4.75 Å². The normalized spacial score (nSPS) is 12.8. The minimum atomic E-state index is -0.00789. The van der Waals surface area contributed by atoms with Crippen LogP contribution in [-0.4, -0.2) is 14.7 Å². The highest BCUT2D eigenvalue weighted by Crippen LogP contribution is 2.25. The van der Waals surface area contributed by atoms with E-state index in [1.165, 1.54) is 22.1 Å². The largest absolute Gasteiger partial charge is 0.361 e. The molecule has 2 aromatic heterocycles. The van der Waals surface area contributed by atoms with Gasteiger partial charge in [-0.2, -0.15) is 12.6 Å². The molecule has 26 heavy (non-hydrogen) atoms. The first-order valence-corrected chi connectivity index (χ1v) is 9.52. The molecular formula is C23H28N2S. The van der Waals surface area contributed by atoms with Crippen LogP contribution in [0.1, 0.15) is 43.5 Å². The first-order chi connectivity index (χ1) is 12.2. The molecule has 0 spiro atoms. The van der Waals surface area contributed by atoms with Gasteiger partial charge >= 0.3 is 0 Å². The van der Waals surface area contributed by atoms with Gasteiger partial charge < -0.3 is 9.97 Å². The van der Waals surface area contributed by atoms with Gasteiger partial charge in [0.05, 0.1) is 0 Å². The second kappa shape index (κ2) is 7.24. The number of allylic oxidation sites excluding steroid dienone is 1. The zero-order valence-electron chi connectivity index (χ0n) is 15.9. The number of rotatable bonds is 6. The van der Waals surface area contributed by atoms with E-state index in [1.54, 1.807) is 0 Å². The van der Waals surface area contributed by atoms with Crippen molar-refractivity contribution in [1.82, 2.24) is 9.97 Å². The third-order valence-electron chi connectivity index (χ3n) is 4.77. The van der Waals surface area contributed by atoms with Crippen LogP contribution < -0.4 is 10.6 Å². The lowest BCUT2D eigenvalue weighted by molar-refractivity contribution is 0.684. The van der Waals surface area contributed by atoms with E-state index in [9.17, 15) is 0 Å². The summed E-state index contributed by atoms with van der Waals surface area (Å²) in [6, 6.07) is 8.34. The van der Waals surface area contributed by atoms with E-state index >= 15 is 0 Å². The average molecular weight is 365 g/mol. The van der Waals surface area contributed by atoms with E-state index in [0.717, 1.165) is 41.0 Å². The van der Waals surface area contributed by atoms with Crippen LogP contribution >= 0.6 is 12.6 Å². The van der Waals surface area contributed by atoms with Crippen LogP contribution in [0.2, 0.25) is 0 Å². The van der Waals surface area contributed by atoms with E-state index in [1.807, 2.05) is 6.07 Å².